The van der Waals surface area contributed by atoms with Crippen molar-refractivity contribution in [1.29, 1.82) is 0 Å². The lowest BCUT2D eigenvalue weighted by Crippen LogP contribution is -2.47. The first-order chi connectivity index (χ1) is 9.67. The maximum Gasteiger partial charge on any atom is 0.166 e. The van der Waals surface area contributed by atoms with Crippen LogP contribution in [-0.2, 0) is 15.9 Å². The molecule has 0 aliphatic carbocycles. The van der Waals surface area contributed by atoms with Crippen molar-refractivity contribution in [2.75, 3.05) is 6.61 Å². The first-order valence-electron chi connectivity index (χ1n) is 8.02. The van der Waals surface area contributed by atoms with Gasteiger partial charge in [-0.15, -0.1) is 0 Å². The summed E-state index contributed by atoms with van der Waals surface area (Å²) in [6.45, 7) is 7.40. The van der Waals surface area contributed by atoms with E-state index in [1.165, 1.54) is 12.0 Å². The molecule has 0 unspecified atom stereocenters. The van der Waals surface area contributed by atoms with Crippen molar-refractivity contribution >= 4 is 0 Å². The highest BCUT2D eigenvalue weighted by atomic mass is 16.7. The summed E-state index contributed by atoms with van der Waals surface area (Å²) in [5.41, 5.74) is 1.35. The van der Waals surface area contributed by atoms with E-state index in [4.69, 9.17) is 9.47 Å². The van der Waals surface area contributed by atoms with Gasteiger partial charge in [-0.1, -0.05) is 50.6 Å². The van der Waals surface area contributed by atoms with Gasteiger partial charge in [-0.3, -0.25) is 0 Å². The van der Waals surface area contributed by atoms with Gasteiger partial charge in [0.1, 0.15) is 0 Å². The van der Waals surface area contributed by atoms with E-state index in [0.717, 1.165) is 32.3 Å². The Bertz CT molecular complexity index is 390. The lowest BCUT2D eigenvalue weighted by atomic mass is 9.94. The maximum atomic E-state index is 6.32. The summed E-state index contributed by atoms with van der Waals surface area (Å²) in [6.07, 6.45) is 5.75. The topological polar surface area (TPSA) is 18.5 Å². The van der Waals surface area contributed by atoms with Crippen LogP contribution in [0.3, 0.4) is 0 Å². The summed E-state index contributed by atoms with van der Waals surface area (Å²) in [5, 5.41) is 0. The molecule has 0 amide bonds. The molecule has 0 aromatic heterocycles. The lowest BCUT2D eigenvalue weighted by molar-refractivity contribution is -0.306. The summed E-state index contributed by atoms with van der Waals surface area (Å²) in [5.74, 6) is 0.140. The molecule has 1 aromatic carbocycles. The molecular formula is C18H28O2. The SMILES string of the molecule is CCC[C@H]1O[C@](C)(CCc2ccccc2)OC[C@H]1CC. The second-order valence-corrected chi connectivity index (χ2v) is 6.04. The van der Waals surface area contributed by atoms with Crippen molar-refractivity contribution < 1.29 is 9.47 Å². The molecule has 0 spiro atoms. The molecule has 1 aliphatic rings. The molecule has 2 heteroatoms. The molecule has 112 valence electrons. The van der Waals surface area contributed by atoms with E-state index in [2.05, 4.69) is 51.1 Å². The van der Waals surface area contributed by atoms with Gasteiger partial charge in [0.2, 0.25) is 0 Å². The van der Waals surface area contributed by atoms with Crippen molar-refractivity contribution in [2.45, 2.75) is 64.8 Å². The smallest absolute Gasteiger partial charge is 0.166 e. The molecule has 1 fully saturated rings. The van der Waals surface area contributed by atoms with Gasteiger partial charge in [-0.2, -0.15) is 0 Å². The first-order valence-corrected chi connectivity index (χ1v) is 8.02. The third-order valence-electron chi connectivity index (χ3n) is 4.34. The Labute approximate surface area is 123 Å². The van der Waals surface area contributed by atoms with Gasteiger partial charge in [0.15, 0.2) is 5.79 Å². The fourth-order valence-corrected chi connectivity index (χ4v) is 2.95. The van der Waals surface area contributed by atoms with Gasteiger partial charge in [0, 0.05) is 12.3 Å². The molecule has 2 rings (SSSR count). The van der Waals surface area contributed by atoms with Gasteiger partial charge in [0.25, 0.3) is 0 Å². The quantitative estimate of drug-likeness (QED) is 0.757. The van der Waals surface area contributed by atoms with Crippen LogP contribution in [0.4, 0.5) is 0 Å². The van der Waals surface area contributed by atoms with E-state index in [0.29, 0.717) is 12.0 Å². The molecule has 0 saturated carbocycles. The third kappa shape index (κ3) is 4.07. The predicted octanol–water partition coefficient (Wildman–Crippen LogP) is 4.58. The molecular weight excluding hydrogens is 248 g/mol. The Morgan fingerprint density at radius 1 is 1.20 bits per heavy atom. The highest BCUT2D eigenvalue weighted by Gasteiger charge is 2.37. The second kappa shape index (κ2) is 7.24. The number of rotatable bonds is 6. The molecule has 1 aromatic rings. The van der Waals surface area contributed by atoms with Crippen molar-refractivity contribution in [3.05, 3.63) is 35.9 Å². The van der Waals surface area contributed by atoms with E-state index in [1.54, 1.807) is 0 Å². The van der Waals surface area contributed by atoms with Crippen LogP contribution < -0.4 is 0 Å². The Balaban J connectivity index is 1.93. The number of hydrogen-bond donors (Lipinski definition) is 0. The second-order valence-electron chi connectivity index (χ2n) is 6.04. The van der Waals surface area contributed by atoms with Crippen molar-refractivity contribution in [1.82, 2.24) is 0 Å². The van der Waals surface area contributed by atoms with Crippen molar-refractivity contribution in [3.63, 3.8) is 0 Å². The fourth-order valence-electron chi connectivity index (χ4n) is 2.95. The molecule has 0 bridgehead atoms. The third-order valence-corrected chi connectivity index (χ3v) is 4.34. The zero-order valence-corrected chi connectivity index (χ0v) is 13.1. The summed E-state index contributed by atoms with van der Waals surface area (Å²) in [6, 6.07) is 10.6. The number of hydrogen-bond acceptors (Lipinski definition) is 2. The van der Waals surface area contributed by atoms with E-state index in [9.17, 15) is 0 Å². The fraction of sp³-hybridized carbons (Fsp3) is 0.667. The van der Waals surface area contributed by atoms with Crippen LogP contribution in [-0.4, -0.2) is 18.5 Å². The first kappa shape index (κ1) is 15.5. The highest BCUT2D eigenvalue weighted by molar-refractivity contribution is 5.14. The minimum absolute atomic E-state index is 0.361. The Kier molecular flexibility index (Phi) is 5.62. The molecule has 3 atom stereocenters. The largest absolute Gasteiger partial charge is 0.350 e. The van der Waals surface area contributed by atoms with Crippen molar-refractivity contribution in [2.24, 2.45) is 5.92 Å². The zero-order chi connectivity index (χ0) is 14.4. The number of aryl methyl sites for hydroxylation is 1. The van der Waals surface area contributed by atoms with Crippen LogP contribution in [0.25, 0.3) is 0 Å². The Hall–Kier alpha value is -0.860. The Morgan fingerprint density at radius 2 is 1.95 bits per heavy atom. The number of ether oxygens (including phenoxy) is 2. The highest BCUT2D eigenvalue weighted by Crippen LogP contribution is 2.33. The molecule has 2 nitrogen and oxygen atoms in total. The standard InChI is InChI=1S/C18H28O2/c1-4-9-17-16(5-2)14-19-18(3,20-17)13-12-15-10-7-6-8-11-15/h6-8,10-11,16-17H,4-5,9,12-14H2,1-3H3/t16-,17-,18-/m1/s1. The van der Waals surface area contributed by atoms with E-state index in [-0.39, 0.29) is 0 Å². The monoisotopic (exact) mass is 276 g/mol. The van der Waals surface area contributed by atoms with Crippen LogP contribution in [0.5, 0.6) is 0 Å². The molecule has 1 saturated heterocycles. The van der Waals surface area contributed by atoms with Gasteiger partial charge in [-0.05, 0) is 31.7 Å². The summed E-state index contributed by atoms with van der Waals surface area (Å²) in [4.78, 5) is 0. The van der Waals surface area contributed by atoms with Crippen molar-refractivity contribution in [3.8, 4) is 0 Å². The molecule has 20 heavy (non-hydrogen) atoms. The Morgan fingerprint density at radius 3 is 2.60 bits per heavy atom. The average Bonchev–Trinajstić information content (AvgIpc) is 2.47. The van der Waals surface area contributed by atoms with Gasteiger partial charge in [-0.25, -0.2) is 0 Å². The minimum Gasteiger partial charge on any atom is -0.350 e. The normalized spacial score (nSPS) is 30.4. The van der Waals surface area contributed by atoms with E-state index < -0.39 is 5.79 Å². The van der Waals surface area contributed by atoms with Crippen LogP contribution in [0.1, 0.15) is 52.0 Å². The van der Waals surface area contributed by atoms with Crippen LogP contribution >= 0.6 is 0 Å². The molecule has 1 aliphatic heterocycles. The predicted molar refractivity (Wildman–Crippen MR) is 82.7 cm³/mol. The van der Waals surface area contributed by atoms with E-state index >= 15 is 0 Å². The minimum atomic E-state index is -0.415. The van der Waals surface area contributed by atoms with Crippen LogP contribution in [0, 0.1) is 5.92 Å². The molecule has 0 radical (unpaired) electrons. The van der Waals surface area contributed by atoms with Gasteiger partial charge < -0.3 is 9.47 Å². The van der Waals surface area contributed by atoms with Gasteiger partial charge >= 0.3 is 0 Å². The van der Waals surface area contributed by atoms with Crippen LogP contribution in [0.15, 0.2) is 30.3 Å². The summed E-state index contributed by atoms with van der Waals surface area (Å²) in [7, 11) is 0. The van der Waals surface area contributed by atoms with E-state index in [1.807, 2.05) is 0 Å². The van der Waals surface area contributed by atoms with Crippen LogP contribution in [0.2, 0.25) is 0 Å². The molecule has 1 heterocycles. The van der Waals surface area contributed by atoms with Gasteiger partial charge in [0.05, 0.1) is 12.7 Å². The number of benzene rings is 1. The zero-order valence-electron chi connectivity index (χ0n) is 13.1. The molecule has 0 N–H and O–H groups in total. The lowest BCUT2D eigenvalue weighted by Gasteiger charge is -2.43. The summed E-state index contributed by atoms with van der Waals surface area (Å²) >= 11 is 0. The average molecular weight is 276 g/mol. The maximum absolute atomic E-state index is 6.32. The summed E-state index contributed by atoms with van der Waals surface area (Å²) < 4.78 is 12.4.